The molecule has 0 unspecified atom stereocenters. The zero-order chi connectivity index (χ0) is 22.2. The first-order chi connectivity index (χ1) is 15.7. The molecule has 0 atom stereocenters. The van der Waals surface area contributed by atoms with Crippen LogP contribution in [0, 0.1) is 0 Å². The van der Waals surface area contributed by atoms with E-state index in [0.717, 1.165) is 38.6 Å². The molecular formula is C25H24ClN3O2S. The van der Waals surface area contributed by atoms with Gasteiger partial charge in [-0.05, 0) is 29.3 Å². The average molecular weight is 466 g/mol. The summed E-state index contributed by atoms with van der Waals surface area (Å²) < 4.78 is 13.6. The van der Waals surface area contributed by atoms with Gasteiger partial charge in [0.2, 0.25) is 0 Å². The zero-order valence-corrected chi connectivity index (χ0v) is 19.4. The Kier molecular flexibility index (Phi) is 7.82. The summed E-state index contributed by atoms with van der Waals surface area (Å²) in [5.41, 5.74) is 3.34. The first-order valence-electron chi connectivity index (χ1n) is 10.3. The Morgan fingerprint density at radius 3 is 2.44 bits per heavy atom. The van der Waals surface area contributed by atoms with Crippen LogP contribution in [0.2, 0.25) is 5.02 Å². The number of hydrogen-bond donors (Lipinski definition) is 0. The van der Waals surface area contributed by atoms with Gasteiger partial charge in [0, 0.05) is 30.0 Å². The van der Waals surface area contributed by atoms with Crippen molar-refractivity contribution in [2.24, 2.45) is 0 Å². The molecule has 0 aliphatic rings. The van der Waals surface area contributed by atoms with Crippen molar-refractivity contribution in [1.29, 1.82) is 0 Å². The molecule has 0 bridgehead atoms. The summed E-state index contributed by atoms with van der Waals surface area (Å²) in [6.45, 7) is 1.55. The summed E-state index contributed by atoms with van der Waals surface area (Å²) in [6.07, 6.45) is 0. The average Bonchev–Trinajstić information content (AvgIpc) is 3.23. The van der Waals surface area contributed by atoms with Crippen LogP contribution in [0.4, 0.5) is 0 Å². The van der Waals surface area contributed by atoms with Gasteiger partial charge < -0.3 is 14.0 Å². The highest BCUT2D eigenvalue weighted by atomic mass is 35.5. The monoisotopic (exact) mass is 465 g/mol. The molecule has 164 valence electrons. The van der Waals surface area contributed by atoms with Gasteiger partial charge in [0.05, 0.1) is 6.61 Å². The fraction of sp³-hybridized carbons (Fsp3) is 0.200. The SMILES string of the molecule is COCCn1c(COc2ccccc2-c2ccccc2)nnc1SCc1ccc(Cl)cc1. The number of rotatable bonds is 10. The number of aromatic nitrogens is 3. The summed E-state index contributed by atoms with van der Waals surface area (Å²) in [5, 5.41) is 10.4. The van der Waals surface area contributed by atoms with Crippen molar-refractivity contribution in [3.8, 4) is 16.9 Å². The Balaban J connectivity index is 1.50. The first kappa shape index (κ1) is 22.4. The first-order valence-corrected chi connectivity index (χ1v) is 11.7. The normalized spacial score (nSPS) is 10.9. The van der Waals surface area contributed by atoms with Gasteiger partial charge in [-0.1, -0.05) is 84.0 Å². The molecule has 0 saturated heterocycles. The van der Waals surface area contributed by atoms with E-state index in [2.05, 4.69) is 33.0 Å². The third-order valence-electron chi connectivity index (χ3n) is 4.92. The van der Waals surface area contributed by atoms with E-state index in [9.17, 15) is 0 Å². The molecule has 4 rings (SSSR count). The lowest BCUT2D eigenvalue weighted by molar-refractivity contribution is 0.181. The van der Waals surface area contributed by atoms with Crippen LogP contribution in [0.25, 0.3) is 11.1 Å². The summed E-state index contributed by atoms with van der Waals surface area (Å²) >= 11 is 7.62. The minimum absolute atomic E-state index is 0.321. The maximum absolute atomic E-state index is 6.20. The Labute approximate surface area is 197 Å². The summed E-state index contributed by atoms with van der Waals surface area (Å²) in [6, 6.07) is 26.1. The van der Waals surface area contributed by atoms with Crippen molar-refractivity contribution in [2.75, 3.05) is 13.7 Å². The Morgan fingerprint density at radius 1 is 0.906 bits per heavy atom. The lowest BCUT2D eigenvalue weighted by Gasteiger charge is -2.13. The highest BCUT2D eigenvalue weighted by Crippen LogP contribution is 2.30. The van der Waals surface area contributed by atoms with Crippen LogP contribution in [0.1, 0.15) is 11.4 Å². The van der Waals surface area contributed by atoms with Gasteiger partial charge in [-0.3, -0.25) is 0 Å². The van der Waals surface area contributed by atoms with Crippen LogP contribution in [0.15, 0.2) is 84.0 Å². The van der Waals surface area contributed by atoms with E-state index >= 15 is 0 Å². The number of halogens is 1. The zero-order valence-electron chi connectivity index (χ0n) is 17.8. The van der Waals surface area contributed by atoms with Crippen LogP contribution in [0.5, 0.6) is 5.75 Å². The minimum Gasteiger partial charge on any atom is -0.485 e. The van der Waals surface area contributed by atoms with E-state index in [-0.39, 0.29) is 0 Å². The maximum Gasteiger partial charge on any atom is 0.191 e. The van der Waals surface area contributed by atoms with Gasteiger partial charge in [0.25, 0.3) is 0 Å². The third-order valence-corrected chi connectivity index (χ3v) is 6.21. The molecule has 4 aromatic rings. The molecule has 0 aliphatic heterocycles. The molecule has 0 saturated carbocycles. The Morgan fingerprint density at radius 2 is 1.66 bits per heavy atom. The molecule has 3 aromatic carbocycles. The van der Waals surface area contributed by atoms with Gasteiger partial charge in [-0.2, -0.15) is 0 Å². The number of benzene rings is 3. The van der Waals surface area contributed by atoms with Crippen molar-refractivity contribution in [3.05, 3.63) is 95.3 Å². The maximum atomic E-state index is 6.20. The summed E-state index contributed by atoms with van der Waals surface area (Å²) in [4.78, 5) is 0. The van der Waals surface area contributed by atoms with E-state index in [1.807, 2.05) is 60.7 Å². The number of hydrogen-bond acceptors (Lipinski definition) is 5. The quantitative estimate of drug-likeness (QED) is 0.264. The number of thioether (sulfide) groups is 1. The molecule has 0 spiro atoms. The highest BCUT2D eigenvalue weighted by Gasteiger charge is 2.14. The van der Waals surface area contributed by atoms with Crippen LogP contribution >= 0.6 is 23.4 Å². The van der Waals surface area contributed by atoms with Gasteiger partial charge in [-0.15, -0.1) is 10.2 Å². The smallest absolute Gasteiger partial charge is 0.191 e. The van der Waals surface area contributed by atoms with E-state index in [0.29, 0.717) is 19.8 Å². The topological polar surface area (TPSA) is 49.2 Å². The van der Waals surface area contributed by atoms with E-state index in [1.54, 1.807) is 18.9 Å². The molecule has 32 heavy (non-hydrogen) atoms. The second-order valence-corrected chi connectivity index (χ2v) is 8.49. The number of methoxy groups -OCH3 is 1. The second-order valence-electron chi connectivity index (χ2n) is 7.11. The molecule has 0 fully saturated rings. The van der Waals surface area contributed by atoms with E-state index < -0.39 is 0 Å². The second kappa shape index (κ2) is 11.2. The molecule has 7 heteroatoms. The van der Waals surface area contributed by atoms with Crippen molar-refractivity contribution in [1.82, 2.24) is 14.8 Å². The Bertz CT molecular complexity index is 1130. The molecule has 1 aromatic heterocycles. The molecular weight excluding hydrogens is 442 g/mol. The van der Waals surface area contributed by atoms with Crippen LogP contribution < -0.4 is 4.74 Å². The summed E-state index contributed by atoms with van der Waals surface area (Å²) in [5.74, 6) is 2.36. The fourth-order valence-corrected chi connectivity index (χ4v) is 4.32. The van der Waals surface area contributed by atoms with Crippen molar-refractivity contribution < 1.29 is 9.47 Å². The number of nitrogens with zero attached hydrogens (tertiary/aromatic N) is 3. The van der Waals surface area contributed by atoms with Crippen molar-refractivity contribution in [3.63, 3.8) is 0 Å². The van der Waals surface area contributed by atoms with Crippen LogP contribution in [-0.4, -0.2) is 28.5 Å². The predicted molar refractivity (Wildman–Crippen MR) is 129 cm³/mol. The van der Waals surface area contributed by atoms with E-state index in [4.69, 9.17) is 21.1 Å². The van der Waals surface area contributed by atoms with Crippen molar-refractivity contribution >= 4 is 23.4 Å². The Hall–Kier alpha value is -2.80. The number of para-hydroxylation sites is 1. The molecule has 0 N–H and O–H groups in total. The minimum atomic E-state index is 0.321. The molecule has 0 aliphatic carbocycles. The van der Waals surface area contributed by atoms with E-state index in [1.165, 1.54) is 5.56 Å². The van der Waals surface area contributed by atoms with Crippen LogP contribution in [-0.2, 0) is 23.6 Å². The molecule has 0 amide bonds. The highest BCUT2D eigenvalue weighted by molar-refractivity contribution is 7.98. The lowest BCUT2D eigenvalue weighted by Crippen LogP contribution is -2.12. The van der Waals surface area contributed by atoms with Gasteiger partial charge in [0.15, 0.2) is 11.0 Å². The van der Waals surface area contributed by atoms with Gasteiger partial charge in [-0.25, -0.2) is 0 Å². The predicted octanol–water partition coefficient (Wildman–Crippen LogP) is 6.12. The fourth-order valence-electron chi connectivity index (χ4n) is 3.26. The van der Waals surface area contributed by atoms with Crippen LogP contribution in [0.3, 0.4) is 0 Å². The van der Waals surface area contributed by atoms with Gasteiger partial charge in [0.1, 0.15) is 12.4 Å². The number of ether oxygens (including phenoxy) is 2. The molecule has 5 nitrogen and oxygen atoms in total. The van der Waals surface area contributed by atoms with Crippen molar-refractivity contribution in [2.45, 2.75) is 24.1 Å². The third kappa shape index (κ3) is 5.71. The lowest BCUT2D eigenvalue weighted by atomic mass is 10.1. The molecule has 0 radical (unpaired) electrons. The largest absolute Gasteiger partial charge is 0.485 e. The standard InChI is InChI=1S/C25H24ClN3O2S/c1-30-16-15-29-24(27-28-25(29)32-18-19-11-13-21(26)14-12-19)17-31-23-10-6-5-9-22(23)20-7-3-2-4-8-20/h2-14H,15-18H2,1H3. The summed E-state index contributed by atoms with van der Waals surface area (Å²) in [7, 11) is 1.69. The molecule has 1 heterocycles. The van der Waals surface area contributed by atoms with Gasteiger partial charge >= 0.3 is 0 Å².